The largest absolute Gasteiger partial charge is 0.373 e. The van der Waals surface area contributed by atoms with Gasteiger partial charge in [0.05, 0.1) is 18.4 Å². The van der Waals surface area contributed by atoms with Crippen LogP contribution in [0.1, 0.15) is 38.2 Å². The van der Waals surface area contributed by atoms with Crippen molar-refractivity contribution in [3.8, 4) is 0 Å². The average molecular weight is 366 g/mol. The Morgan fingerprint density at radius 2 is 1.92 bits per heavy atom. The molecule has 2 heterocycles. The highest BCUT2D eigenvalue weighted by atomic mass is 16.5. The number of ether oxygens (including phenoxy) is 1. The summed E-state index contributed by atoms with van der Waals surface area (Å²) in [5.74, 6) is -0.408. The zero-order valence-corrected chi connectivity index (χ0v) is 16.5. The van der Waals surface area contributed by atoms with Gasteiger partial charge in [-0.15, -0.1) is 5.10 Å². The molecule has 9 nitrogen and oxygen atoms in total. The highest BCUT2D eigenvalue weighted by Crippen LogP contribution is 2.20. The van der Waals surface area contributed by atoms with Gasteiger partial charge in [-0.3, -0.25) is 14.5 Å². The molecule has 0 spiro atoms. The quantitative estimate of drug-likeness (QED) is 0.761. The minimum absolute atomic E-state index is 0.0579. The van der Waals surface area contributed by atoms with Crippen LogP contribution in [0.5, 0.6) is 0 Å². The van der Waals surface area contributed by atoms with Gasteiger partial charge >= 0.3 is 0 Å². The first kappa shape index (κ1) is 20.3. The highest BCUT2D eigenvalue weighted by Gasteiger charge is 2.33. The van der Waals surface area contributed by atoms with Crippen LogP contribution in [-0.4, -0.2) is 88.1 Å². The van der Waals surface area contributed by atoms with E-state index in [4.69, 9.17) is 4.74 Å². The van der Waals surface area contributed by atoms with Crippen molar-refractivity contribution >= 4 is 11.8 Å². The monoisotopic (exact) mass is 366 g/mol. The van der Waals surface area contributed by atoms with Gasteiger partial charge in [-0.25, -0.2) is 4.68 Å². The number of morpholine rings is 1. The fraction of sp³-hybridized carbons (Fsp3) is 0.765. The molecule has 9 heteroatoms. The number of rotatable bonds is 6. The Hall–Kier alpha value is -2.00. The van der Waals surface area contributed by atoms with E-state index in [-0.39, 0.29) is 41.8 Å². The van der Waals surface area contributed by atoms with Crippen LogP contribution in [0, 0.1) is 0 Å². The molecule has 0 bridgehead atoms. The van der Waals surface area contributed by atoms with Crippen molar-refractivity contribution in [2.45, 2.75) is 52.0 Å². The lowest BCUT2D eigenvalue weighted by atomic mass is 10.00. The van der Waals surface area contributed by atoms with Gasteiger partial charge in [-0.2, -0.15) is 0 Å². The minimum Gasteiger partial charge on any atom is -0.373 e. The number of likely N-dealkylation sites (N-methyl/N-ethyl adjacent to an activating group) is 1. The van der Waals surface area contributed by atoms with E-state index >= 15 is 0 Å². The molecule has 0 radical (unpaired) electrons. The van der Waals surface area contributed by atoms with Crippen LogP contribution in [-0.2, 0) is 16.1 Å². The van der Waals surface area contributed by atoms with Gasteiger partial charge in [0.25, 0.3) is 5.91 Å². The summed E-state index contributed by atoms with van der Waals surface area (Å²) in [6, 6.07) is 0. The Labute approximate surface area is 154 Å². The fourth-order valence-electron chi connectivity index (χ4n) is 2.93. The van der Waals surface area contributed by atoms with Gasteiger partial charge < -0.3 is 15.0 Å². The van der Waals surface area contributed by atoms with Crippen LogP contribution < -0.4 is 5.32 Å². The number of nitrogens with one attached hydrogen (secondary N) is 1. The Morgan fingerprint density at radius 3 is 2.50 bits per heavy atom. The second-order valence-electron chi connectivity index (χ2n) is 7.75. The standard InChI is InChI=1S/C17H30N6O3/c1-12-7-22(8-13(2)26-12)17(3,4)11-18-16(25)14-9-23(20-19-14)10-15(24)21(5)6/h9,12-13H,7-8,10-11H2,1-6H3,(H,18,25). The maximum absolute atomic E-state index is 12.4. The summed E-state index contributed by atoms with van der Waals surface area (Å²) in [4.78, 5) is 27.9. The number of aromatic nitrogens is 3. The number of amides is 2. The van der Waals surface area contributed by atoms with Crippen molar-refractivity contribution in [3.05, 3.63) is 11.9 Å². The molecule has 146 valence electrons. The van der Waals surface area contributed by atoms with E-state index in [0.29, 0.717) is 6.54 Å². The first-order valence-corrected chi connectivity index (χ1v) is 8.87. The summed E-state index contributed by atoms with van der Waals surface area (Å²) in [6.07, 6.45) is 1.83. The normalized spacial score (nSPS) is 21.5. The van der Waals surface area contributed by atoms with E-state index in [1.54, 1.807) is 14.1 Å². The first-order valence-electron chi connectivity index (χ1n) is 8.87. The predicted molar refractivity (Wildman–Crippen MR) is 96.7 cm³/mol. The summed E-state index contributed by atoms with van der Waals surface area (Å²) in [6.45, 7) is 10.5. The van der Waals surface area contributed by atoms with Crippen LogP contribution in [0.3, 0.4) is 0 Å². The van der Waals surface area contributed by atoms with Crippen LogP contribution in [0.2, 0.25) is 0 Å². The van der Waals surface area contributed by atoms with E-state index in [0.717, 1.165) is 13.1 Å². The van der Waals surface area contributed by atoms with E-state index in [2.05, 4.69) is 48.2 Å². The topological polar surface area (TPSA) is 92.6 Å². The molecule has 0 saturated carbocycles. The summed E-state index contributed by atoms with van der Waals surface area (Å²) < 4.78 is 7.15. The molecule has 0 aromatic carbocycles. The zero-order chi connectivity index (χ0) is 19.5. The van der Waals surface area contributed by atoms with Gasteiger partial charge in [0, 0.05) is 39.3 Å². The van der Waals surface area contributed by atoms with E-state index < -0.39 is 0 Å². The van der Waals surface area contributed by atoms with Crippen LogP contribution in [0.15, 0.2) is 6.20 Å². The van der Waals surface area contributed by atoms with Gasteiger partial charge in [-0.1, -0.05) is 5.21 Å². The third-order valence-corrected chi connectivity index (χ3v) is 4.52. The molecule has 1 fully saturated rings. The molecule has 2 amide bonds. The number of hydrogen-bond acceptors (Lipinski definition) is 6. The van der Waals surface area contributed by atoms with Crippen LogP contribution in [0.4, 0.5) is 0 Å². The summed E-state index contributed by atoms with van der Waals surface area (Å²) >= 11 is 0. The third kappa shape index (κ3) is 5.25. The predicted octanol–water partition coefficient (Wildman–Crippen LogP) is -0.0161. The molecule has 2 atom stereocenters. The summed E-state index contributed by atoms with van der Waals surface area (Å²) in [5, 5.41) is 10.6. The Morgan fingerprint density at radius 1 is 1.31 bits per heavy atom. The van der Waals surface area contributed by atoms with Gasteiger partial charge in [0.2, 0.25) is 5.91 Å². The summed E-state index contributed by atoms with van der Waals surface area (Å²) in [5.41, 5.74) is -0.00479. The molecular weight excluding hydrogens is 336 g/mol. The lowest BCUT2D eigenvalue weighted by molar-refractivity contribution is -0.129. The van der Waals surface area contributed by atoms with Crippen molar-refractivity contribution in [2.24, 2.45) is 0 Å². The maximum Gasteiger partial charge on any atom is 0.273 e. The molecule has 0 aliphatic carbocycles. The molecule has 1 saturated heterocycles. The summed E-state index contributed by atoms with van der Waals surface area (Å²) in [7, 11) is 3.34. The third-order valence-electron chi connectivity index (χ3n) is 4.52. The number of hydrogen-bond donors (Lipinski definition) is 1. The lowest BCUT2D eigenvalue weighted by Gasteiger charge is -2.45. The van der Waals surface area contributed by atoms with Crippen molar-refractivity contribution < 1.29 is 14.3 Å². The second-order valence-corrected chi connectivity index (χ2v) is 7.75. The lowest BCUT2D eigenvalue weighted by Crippen LogP contribution is -2.58. The average Bonchev–Trinajstić information content (AvgIpc) is 3.00. The smallest absolute Gasteiger partial charge is 0.273 e. The maximum atomic E-state index is 12.4. The molecule has 2 rings (SSSR count). The number of carbonyl (C=O) groups excluding carboxylic acids is 2. The highest BCUT2D eigenvalue weighted by molar-refractivity contribution is 5.92. The molecule has 1 aromatic heterocycles. The Bertz CT molecular complexity index is 632. The van der Waals surface area contributed by atoms with Crippen molar-refractivity contribution in [2.75, 3.05) is 33.7 Å². The Balaban J connectivity index is 1.91. The second kappa shape index (κ2) is 8.13. The molecular formula is C17H30N6O3. The molecule has 1 aliphatic rings. The van der Waals surface area contributed by atoms with Gasteiger partial charge in [0.1, 0.15) is 6.54 Å². The SMILES string of the molecule is CC1CN(C(C)(C)CNC(=O)c2cn(CC(=O)N(C)C)nn2)CC(C)O1. The molecule has 1 N–H and O–H groups in total. The zero-order valence-electron chi connectivity index (χ0n) is 16.5. The van der Waals surface area contributed by atoms with Gasteiger partial charge in [-0.05, 0) is 27.7 Å². The Kier molecular flexibility index (Phi) is 6.35. The molecule has 1 aromatic rings. The number of nitrogens with zero attached hydrogens (tertiary/aromatic N) is 5. The van der Waals surface area contributed by atoms with Crippen molar-refractivity contribution in [1.29, 1.82) is 0 Å². The number of carbonyl (C=O) groups is 2. The fourth-order valence-corrected chi connectivity index (χ4v) is 2.93. The van der Waals surface area contributed by atoms with Crippen LogP contribution >= 0.6 is 0 Å². The van der Waals surface area contributed by atoms with E-state index in [1.807, 2.05) is 0 Å². The van der Waals surface area contributed by atoms with Crippen LogP contribution in [0.25, 0.3) is 0 Å². The van der Waals surface area contributed by atoms with E-state index in [9.17, 15) is 9.59 Å². The molecule has 26 heavy (non-hydrogen) atoms. The minimum atomic E-state index is -0.295. The molecule has 1 aliphatic heterocycles. The van der Waals surface area contributed by atoms with E-state index in [1.165, 1.54) is 15.8 Å². The van der Waals surface area contributed by atoms with Crippen molar-refractivity contribution in [1.82, 2.24) is 30.1 Å². The first-order chi connectivity index (χ1) is 12.1. The van der Waals surface area contributed by atoms with Crippen molar-refractivity contribution in [3.63, 3.8) is 0 Å². The van der Waals surface area contributed by atoms with Gasteiger partial charge in [0.15, 0.2) is 5.69 Å². The molecule has 2 unspecified atom stereocenters.